The molecule has 1 heterocycles. The SMILES string of the molecule is CCCN(CC)C(CN)c1cn(C)nc1C(C)(C)C. The smallest absolute Gasteiger partial charge is 0.0726 e. The largest absolute Gasteiger partial charge is 0.329 e. The van der Waals surface area contributed by atoms with Crippen LogP contribution in [-0.4, -0.2) is 34.3 Å². The highest BCUT2D eigenvalue weighted by Gasteiger charge is 2.28. The molecular formula is C15H30N4. The van der Waals surface area contributed by atoms with E-state index in [0.29, 0.717) is 6.54 Å². The van der Waals surface area contributed by atoms with Crippen LogP contribution in [0.25, 0.3) is 0 Å². The van der Waals surface area contributed by atoms with E-state index < -0.39 is 0 Å². The minimum atomic E-state index is 0.0512. The summed E-state index contributed by atoms with van der Waals surface area (Å²) in [5.41, 5.74) is 8.56. The van der Waals surface area contributed by atoms with Gasteiger partial charge in [0.25, 0.3) is 0 Å². The summed E-state index contributed by atoms with van der Waals surface area (Å²) in [7, 11) is 1.99. The van der Waals surface area contributed by atoms with E-state index in [2.05, 4.69) is 50.8 Å². The average Bonchev–Trinajstić information content (AvgIpc) is 2.71. The van der Waals surface area contributed by atoms with Crippen LogP contribution in [0.2, 0.25) is 0 Å². The first-order chi connectivity index (χ1) is 8.85. The van der Waals surface area contributed by atoms with Crippen LogP contribution in [0.1, 0.15) is 58.3 Å². The molecule has 1 aromatic heterocycles. The summed E-state index contributed by atoms with van der Waals surface area (Å²) >= 11 is 0. The van der Waals surface area contributed by atoms with E-state index >= 15 is 0 Å². The summed E-state index contributed by atoms with van der Waals surface area (Å²) in [5, 5.41) is 4.66. The molecule has 4 nitrogen and oxygen atoms in total. The first-order valence-corrected chi connectivity index (χ1v) is 7.33. The third-order valence-corrected chi connectivity index (χ3v) is 3.51. The lowest BCUT2D eigenvalue weighted by atomic mass is 9.87. The van der Waals surface area contributed by atoms with Crippen LogP contribution in [0.3, 0.4) is 0 Å². The Labute approximate surface area is 118 Å². The predicted octanol–water partition coefficient (Wildman–Crippen LogP) is 2.45. The van der Waals surface area contributed by atoms with Crippen molar-refractivity contribution < 1.29 is 0 Å². The number of aryl methyl sites for hydroxylation is 1. The molecule has 0 amide bonds. The van der Waals surface area contributed by atoms with Gasteiger partial charge < -0.3 is 5.73 Å². The molecule has 0 aliphatic rings. The number of aromatic nitrogens is 2. The fraction of sp³-hybridized carbons (Fsp3) is 0.800. The van der Waals surface area contributed by atoms with E-state index in [9.17, 15) is 0 Å². The zero-order valence-electron chi connectivity index (χ0n) is 13.4. The van der Waals surface area contributed by atoms with Gasteiger partial charge in [0, 0.05) is 30.8 Å². The third-order valence-electron chi connectivity index (χ3n) is 3.51. The standard InChI is InChI=1S/C15H30N4/c1-7-9-19(8-2)13(10-16)12-11-18(6)17-14(12)15(3,4)5/h11,13H,7-10,16H2,1-6H3. The van der Waals surface area contributed by atoms with Crippen molar-refractivity contribution in [2.24, 2.45) is 12.8 Å². The van der Waals surface area contributed by atoms with Crippen molar-refractivity contribution in [3.8, 4) is 0 Å². The molecule has 1 atom stereocenters. The molecule has 2 N–H and O–H groups in total. The molecule has 0 aromatic carbocycles. The molecule has 0 fully saturated rings. The van der Waals surface area contributed by atoms with Crippen molar-refractivity contribution in [3.63, 3.8) is 0 Å². The molecule has 0 radical (unpaired) electrons. The molecule has 19 heavy (non-hydrogen) atoms. The van der Waals surface area contributed by atoms with Crippen LogP contribution in [0.4, 0.5) is 0 Å². The number of rotatable bonds is 6. The van der Waals surface area contributed by atoms with Crippen LogP contribution in [0, 0.1) is 0 Å². The fourth-order valence-corrected chi connectivity index (χ4v) is 2.63. The normalized spacial score (nSPS) is 14.1. The Hall–Kier alpha value is -0.870. The third kappa shape index (κ3) is 3.80. The predicted molar refractivity (Wildman–Crippen MR) is 81.2 cm³/mol. The molecule has 0 saturated heterocycles. The Balaban J connectivity index is 3.17. The summed E-state index contributed by atoms with van der Waals surface area (Å²) in [6, 6.07) is 0.271. The molecule has 1 aromatic rings. The minimum Gasteiger partial charge on any atom is -0.329 e. The molecule has 0 saturated carbocycles. The van der Waals surface area contributed by atoms with E-state index in [1.165, 1.54) is 11.3 Å². The van der Waals surface area contributed by atoms with Crippen molar-refractivity contribution in [1.82, 2.24) is 14.7 Å². The summed E-state index contributed by atoms with van der Waals surface area (Å²) in [5.74, 6) is 0. The van der Waals surface area contributed by atoms with Crippen LogP contribution in [0.15, 0.2) is 6.20 Å². The number of nitrogens with zero attached hydrogens (tertiary/aromatic N) is 3. The van der Waals surface area contributed by atoms with Crippen LogP contribution in [-0.2, 0) is 12.5 Å². The summed E-state index contributed by atoms with van der Waals surface area (Å²) in [4.78, 5) is 2.45. The van der Waals surface area contributed by atoms with Crippen LogP contribution >= 0.6 is 0 Å². The Bertz CT molecular complexity index is 389. The highest BCUT2D eigenvalue weighted by Crippen LogP contribution is 2.30. The maximum absolute atomic E-state index is 6.05. The first-order valence-electron chi connectivity index (χ1n) is 7.33. The summed E-state index contributed by atoms with van der Waals surface area (Å²) < 4.78 is 1.92. The van der Waals surface area contributed by atoms with Crippen LogP contribution < -0.4 is 5.73 Å². The van der Waals surface area contributed by atoms with Gasteiger partial charge in [-0.2, -0.15) is 5.10 Å². The Morgan fingerprint density at radius 3 is 2.42 bits per heavy atom. The summed E-state index contributed by atoms with van der Waals surface area (Å²) in [6.07, 6.45) is 3.28. The fourth-order valence-electron chi connectivity index (χ4n) is 2.63. The van der Waals surface area contributed by atoms with Gasteiger partial charge in [-0.15, -0.1) is 0 Å². The van der Waals surface area contributed by atoms with Gasteiger partial charge in [-0.3, -0.25) is 9.58 Å². The van der Waals surface area contributed by atoms with E-state index in [0.717, 1.165) is 19.5 Å². The van der Waals surface area contributed by atoms with Gasteiger partial charge >= 0.3 is 0 Å². The maximum Gasteiger partial charge on any atom is 0.0726 e. The minimum absolute atomic E-state index is 0.0512. The molecule has 0 aliphatic carbocycles. The molecule has 110 valence electrons. The van der Waals surface area contributed by atoms with Gasteiger partial charge in [-0.05, 0) is 19.5 Å². The molecular weight excluding hydrogens is 236 g/mol. The molecule has 1 unspecified atom stereocenters. The number of hydrogen-bond donors (Lipinski definition) is 1. The molecule has 1 rings (SSSR count). The zero-order chi connectivity index (χ0) is 14.6. The van der Waals surface area contributed by atoms with Crippen molar-refractivity contribution in [2.45, 2.75) is 52.5 Å². The van der Waals surface area contributed by atoms with E-state index in [4.69, 9.17) is 5.73 Å². The van der Waals surface area contributed by atoms with Gasteiger partial charge in [0.2, 0.25) is 0 Å². The van der Waals surface area contributed by atoms with Gasteiger partial charge in [-0.1, -0.05) is 34.6 Å². The van der Waals surface area contributed by atoms with E-state index in [1.807, 2.05) is 11.7 Å². The Kier molecular flexibility index (Phi) is 5.56. The quantitative estimate of drug-likeness (QED) is 0.860. The van der Waals surface area contributed by atoms with E-state index in [1.54, 1.807) is 0 Å². The molecule has 0 spiro atoms. The van der Waals surface area contributed by atoms with Crippen LogP contribution in [0.5, 0.6) is 0 Å². The Morgan fingerprint density at radius 1 is 1.37 bits per heavy atom. The lowest BCUT2D eigenvalue weighted by Gasteiger charge is -2.31. The average molecular weight is 266 g/mol. The topological polar surface area (TPSA) is 47.1 Å². The van der Waals surface area contributed by atoms with Gasteiger partial charge in [0.05, 0.1) is 11.7 Å². The van der Waals surface area contributed by atoms with Crippen molar-refractivity contribution in [2.75, 3.05) is 19.6 Å². The lowest BCUT2D eigenvalue weighted by Crippen LogP contribution is -2.35. The summed E-state index contributed by atoms with van der Waals surface area (Å²) in [6.45, 7) is 13.8. The van der Waals surface area contributed by atoms with Gasteiger partial charge in [0.1, 0.15) is 0 Å². The highest BCUT2D eigenvalue weighted by molar-refractivity contribution is 5.28. The van der Waals surface area contributed by atoms with Crippen molar-refractivity contribution in [1.29, 1.82) is 0 Å². The second kappa shape index (κ2) is 6.53. The second-order valence-electron chi connectivity index (χ2n) is 6.24. The van der Waals surface area contributed by atoms with Gasteiger partial charge in [0.15, 0.2) is 0 Å². The van der Waals surface area contributed by atoms with E-state index in [-0.39, 0.29) is 11.5 Å². The molecule has 0 bridgehead atoms. The van der Waals surface area contributed by atoms with Gasteiger partial charge in [-0.25, -0.2) is 0 Å². The second-order valence-corrected chi connectivity index (χ2v) is 6.24. The van der Waals surface area contributed by atoms with Crippen molar-refractivity contribution >= 4 is 0 Å². The highest BCUT2D eigenvalue weighted by atomic mass is 15.3. The molecule has 4 heteroatoms. The first kappa shape index (κ1) is 16.2. The Morgan fingerprint density at radius 2 is 2.00 bits per heavy atom. The number of nitrogens with two attached hydrogens (primary N) is 1. The maximum atomic E-state index is 6.05. The zero-order valence-corrected chi connectivity index (χ0v) is 13.4. The number of hydrogen-bond acceptors (Lipinski definition) is 3. The monoisotopic (exact) mass is 266 g/mol. The van der Waals surface area contributed by atoms with Crippen molar-refractivity contribution in [3.05, 3.63) is 17.5 Å². The number of likely N-dealkylation sites (N-methyl/N-ethyl adjacent to an activating group) is 1. The lowest BCUT2D eigenvalue weighted by molar-refractivity contribution is 0.210. The molecule has 0 aliphatic heterocycles.